The molecule has 8 heteroatoms. The van der Waals surface area contributed by atoms with Crippen LogP contribution in [0.5, 0.6) is 11.5 Å². The van der Waals surface area contributed by atoms with Gasteiger partial charge in [-0.3, -0.25) is 20.4 Å². The number of carbonyl (C=O) groups excluding carboxylic acids is 2. The van der Waals surface area contributed by atoms with E-state index in [0.717, 1.165) is 14.5 Å². The Balaban J connectivity index is 1.94. The topological polar surface area (TPSA) is 76.7 Å². The maximum Gasteiger partial charge on any atom is 0.276 e. The summed E-state index contributed by atoms with van der Waals surface area (Å²) in [6.45, 7) is 9.85. The quantitative estimate of drug-likeness (QED) is 0.497. The molecule has 0 aliphatic carbocycles. The summed E-state index contributed by atoms with van der Waals surface area (Å²) >= 11 is 6.81. The molecule has 0 unspecified atom stereocenters. The third-order valence-electron chi connectivity index (χ3n) is 4.02. The summed E-state index contributed by atoms with van der Waals surface area (Å²) < 4.78 is 12.7. The van der Waals surface area contributed by atoms with E-state index in [4.69, 9.17) is 9.47 Å². The first-order chi connectivity index (χ1) is 14.0. The van der Waals surface area contributed by atoms with Gasteiger partial charge < -0.3 is 9.47 Å². The number of rotatable bonds is 6. The summed E-state index contributed by atoms with van der Waals surface area (Å²) in [6, 6.07) is 10.9. The summed E-state index contributed by atoms with van der Waals surface area (Å²) in [7, 11) is 0. The van der Waals surface area contributed by atoms with Gasteiger partial charge in [-0.2, -0.15) is 0 Å². The molecule has 6 nitrogen and oxygen atoms in total. The lowest BCUT2D eigenvalue weighted by Gasteiger charge is -2.20. The fraction of sp³-hybridized carbons (Fsp3) is 0.364. The predicted molar refractivity (Wildman–Crippen MR) is 124 cm³/mol. The molecular formula is C22H26Br2N2O4. The Bertz CT molecular complexity index is 924. The maximum atomic E-state index is 12.5. The second-order valence-corrected chi connectivity index (χ2v) is 9.76. The van der Waals surface area contributed by atoms with Gasteiger partial charge in [0.2, 0.25) is 0 Å². The van der Waals surface area contributed by atoms with E-state index in [9.17, 15) is 9.59 Å². The van der Waals surface area contributed by atoms with Crippen molar-refractivity contribution < 1.29 is 19.1 Å². The molecule has 0 saturated heterocycles. The van der Waals surface area contributed by atoms with E-state index in [-0.39, 0.29) is 18.1 Å². The monoisotopic (exact) mass is 540 g/mol. The van der Waals surface area contributed by atoms with Crippen LogP contribution in [0, 0.1) is 0 Å². The largest absolute Gasteiger partial charge is 0.490 e. The molecule has 0 aliphatic rings. The van der Waals surface area contributed by atoms with Gasteiger partial charge in [-0.1, -0.05) is 42.8 Å². The van der Waals surface area contributed by atoms with Gasteiger partial charge in [-0.25, -0.2) is 0 Å². The fourth-order valence-electron chi connectivity index (χ4n) is 2.49. The van der Waals surface area contributed by atoms with E-state index in [0.29, 0.717) is 17.1 Å². The average Bonchev–Trinajstić information content (AvgIpc) is 2.65. The van der Waals surface area contributed by atoms with Crippen LogP contribution in [0.2, 0.25) is 0 Å². The van der Waals surface area contributed by atoms with Crippen molar-refractivity contribution in [1.82, 2.24) is 10.9 Å². The lowest BCUT2D eigenvalue weighted by molar-refractivity contribution is -0.123. The van der Waals surface area contributed by atoms with Crippen molar-refractivity contribution >= 4 is 43.7 Å². The smallest absolute Gasteiger partial charge is 0.276 e. The maximum absolute atomic E-state index is 12.5. The molecule has 0 aromatic heterocycles. The number of amides is 2. The second kappa shape index (κ2) is 10.3. The van der Waals surface area contributed by atoms with Crippen molar-refractivity contribution in [3.05, 3.63) is 56.5 Å². The van der Waals surface area contributed by atoms with Crippen LogP contribution in [0.1, 0.15) is 50.5 Å². The predicted octanol–water partition coefficient (Wildman–Crippen LogP) is 5.14. The van der Waals surface area contributed by atoms with Crippen molar-refractivity contribution in [2.75, 3.05) is 6.61 Å². The van der Waals surface area contributed by atoms with Crippen LogP contribution < -0.4 is 20.3 Å². The summed E-state index contributed by atoms with van der Waals surface area (Å²) in [5.41, 5.74) is 6.20. The number of halogens is 2. The molecular weight excluding hydrogens is 516 g/mol. The van der Waals surface area contributed by atoms with Crippen LogP contribution in [-0.4, -0.2) is 24.5 Å². The Morgan fingerprint density at radius 1 is 1.00 bits per heavy atom. The van der Waals surface area contributed by atoms with Crippen LogP contribution in [-0.2, 0) is 10.2 Å². The lowest BCUT2D eigenvalue weighted by atomic mass is 9.87. The number of benzene rings is 2. The minimum Gasteiger partial charge on any atom is -0.490 e. The van der Waals surface area contributed by atoms with Crippen LogP contribution in [0.4, 0.5) is 0 Å². The van der Waals surface area contributed by atoms with E-state index in [1.807, 2.05) is 32.0 Å². The van der Waals surface area contributed by atoms with Gasteiger partial charge in [0.25, 0.3) is 11.8 Å². The summed E-state index contributed by atoms with van der Waals surface area (Å²) in [6.07, 6.45) is -0.0937. The standard InChI is InChI=1S/C22H26Br2N2O4/c1-13(2)30-18-9-7-15(23)11-16(18)21(28)26-25-20(27)12-29-19-8-6-14(10-17(19)24)22(3,4)5/h6-11,13H,12H2,1-5H3,(H,25,27)(H,26,28). The zero-order valence-electron chi connectivity index (χ0n) is 17.6. The first kappa shape index (κ1) is 24.2. The zero-order chi connectivity index (χ0) is 22.5. The van der Waals surface area contributed by atoms with E-state index in [1.54, 1.807) is 18.2 Å². The molecule has 2 aromatic carbocycles. The Hall–Kier alpha value is -2.06. The Labute approximate surface area is 193 Å². The van der Waals surface area contributed by atoms with Gasteiger partial charge in [0, 0.05) is 4.47 Å². The van der Waals surface area contributed by atoms with E-state index >= 15 is 0 Å². The normalized spacial score (nSPS) is 11.2. The molecule has 0 atom stereocenters. The number of ether oxygens (including phenoxy) is 2. The van der Waals surface area contributed by atoms with Crippen LogP contribution in [0.3, 0.4) is 0 Å². The van der Waals surface area contributed by atoms with E-state index < -0.39 is 11.8 Å². The molecule has 162 valence electrons. The average molecular weight is 542 g/mol. The van der Waals surface area contributed by atoms with Gasteiger partial charge in [0.05, 0.1) is 16.1 Å². The molecule has 0 spiro atoms. The van der Waals surface area contributed by atoms with Crippen molar-refractivity contribution in [2.24, 2.45) is 0 Å². The van der Waals surface area contributed by atoms with Gasteiger partial charge in [-0.15, -0.1) is 0 Å². The third-order valence-corrected chi connectivity index (χ3v) is 5.13. The highest BCUT2D eigenvalue weighted by molar-refractivity contribution is 9.10. The first-order valence-electron chi connectivity index (χ1n) is 9.45. The van der Waals surface area contributed by atoms with Crippen molar-refractivity contribution in [3.63, 3.8) is 0 Å². The number of hydrogen-bond donors (Lipinski definition) is 2. The highest BCUT2D eigenvalue weighted by Crippen LogP contribution is 2.31. The van der Waals surface area contributed by atoms with Crippen LogP contribution in [0.15, 0.2) is 45.3 Å². The minimum absolute atomic E-state index is 0.00722. The summed E-state index contributed by atoms with van der Waals surface area (Å²) in [5, 5.41) is 0. The first-order valence-corrected chi connectivity index (χ1v) is 11.0. The Kier molecular flexibility index (Phi) is 8.32. The minimum atomic E-state index is -0.490. The summed E-state index contributed by atoms with van der Waals surface area (Å²) in [5.74, 6) is -0.00404. The molecule has 0 heterocycles. The molecule has 2 rings (SSSR count). The van der Waals surface area contributed by atoms with Crippen LogP contribution >= 0.6 is 31.9 Å². The molecule has 2 N–H and O–H groups in total. The van der Waals surface area contributed by atoms with Crippen LogP contribution in [0.25, 0.3) is 0 Å². The van der Waals surface area contributed by atoms with Crippen molar-refractivity contribution in [2.45, 2.75) is 46.1 Å². The molecule has 0 fully saturated rings. The van der Waals surface area contributed by atoms with Gasteiger partial charge >= 0.3 is 0 Å². The molecule has 0 bridgehead atoms. The second-order valence-electron chi connectivity index (χ2n) is 7.99. The van der Waals surface area contributed by atoms with E-state index in [2.05, 4.69) is 63.5 Å². The molecule has 30 heavy (non-hydrogen) atoms. The molecule has 2 amide bonds. The lowest BCUT2D eigenvalue weighted by Crippen LogP contribution is -2.44. The Morgan fingerprint density at radius 2 is 1.67 bits per heavy atom. The molecule has 0 radical (unpaired) electrons. The zero-order valence-corrected chi connectivity index (χ0v) is 20.8. The Morgan fingerprint density at radius 3 is 2.27 bits per heavy atom. The summed E-state index contributed by atoms with van der Waals surface area (Å²) in [4.78, 5) is 24.6. The number of hydrazine groups is 1. The van der Waals surface area contributed by atoms with Gasteiger partial charge in [0.15, 0.2) is 6.61 Å². The highest BCUT2D eigenvalue weighted by Gasteiger charge is 2.17. The fourth-order valence-corrected chi connectivity index (χ4v) is 3.35. The van der Waals surface area contributed by atoms with Crippen molar-refractivity contribution in [1.29, 1.82) is 0 Å². The SMILES string of the molecule is CC(C)Oc1ccc(Br)cc1C(=O)NNC(=O)COc1ccc(C(C)(C)C)cc1Br. The number of hydrogen-bond acceptors (Lipinski definition) is 4. The van der Waals surface area contributed by atoms with Crippen molar-refractivity contribution in [3.8, 4) is 11.5 Å². The number of carbonyl (C=O) groups is 2. The molecule has 0 saturated carbocycles. The third kappa shape index (κ3) is 7.02. The molecule has 0 aliphatic heterocycles. The number of nitrogens with one attached hydrogen (secondary N) is 2. The van der Waals surface area contributed by atoms with Gasteiger partial charge in [-0.05, 0) is 71.1 Å². The van der Waals surface area contributed by atoms with Gasteiger partial charge in [0.1, 0.15) is 11.5 Å². The highest BCUT2D eigenvalue weighted by atomic mass is 79.9. The molecule has 2 aromatic rings. The van der Waals surface area contributed by atoms with E-state index in [1.165, 1.54) is 0 Å².